The molecule has 2 heterocycles. The van der Waals surface area contributed by atoms with Crippen molar-refractivity contribution in [2.24, 2.45) is 0 Å². The Kier molecular flexibility index (Phi) is 9.11. The van der Waals surface area contributed by atoms with Gasteiger partial charge in [0.1, 0.15) is 23.3 Å². The van der Waals surface area contributed by atoms with Crippen LogP contribution in [0.25, 0.3) is 16.9 Å². The third-order valence-corrected chi connectivity index (χ3v) is 8.03. The molecule has 0 saturated carbocycles. The second-order valence-electron chi connectivity index (χ2n) is 10.2. The summed E-state index contributed by atoms with van der Waals surface area (Å²) in [6, 6.07) is 25.0. The average molecular weight is 606 g/mol. The molecule has 42 heavy (non-hydrogen) atoms. The predicted molar refractivity (Wildman–Crippen MR) is 164 cm³/mol. The van der Waals surface area contributed by atoms with E-state index < -0.39 is 22.0 Å². The first-order valence-corrected chi connectivity index (χ1v) is 15.8. The van der Waals surface area contributed by atoms with Crippen LogP contribution < -0.4 is 4.74 Å². The van der Waals surface area contributed by atoms with Crippen molar-refractivity contribution >= 4 is 27.4 Å². The number of hydrogen-bond donors (Lipinski definition) is 2. The smallest absolute Gasteiger partial charge is 0.268 e. The van der Waals surface area contributed by atoms with Crippen LogP contribution in [0.3, 0.4) is 0 Å². The first-order chi connectivity index (χ1) is 20.2. The quantitative estimate of drug-likeness (QED) is 0.151. The highest BCUT2D eigenvalue weighted by atomic mass is 35.5. The number of halogens is 1. The molecular weight excluding hydrogens is 574 g/mol. The molecule has 0 aliphatic heterocycles. The molecule has 3 aromatic carbocycles. The van der Waals surface area contributed by atoms with Crippen molar-refractivity contribution in [3.63, 3.8) is 0 Å². The molecule has 1 atom stereocenters. The molecular formula is C32H32ClN3O5S. The van der Waals surface area contributed by atoms with E-state index in [4.69, 9.17) is 26.3 Å². The maximum Gasteiger partial charge on any atom is 0.268 e. The van der Waals surface area contributed by atoms with E-state index in [0.717, 1.165) is 40.9 Å². The fourth-order valence-electron chi connectivity index (χ4n) is 4.88. The zero-order valence-electron chi connectivity index (χ0n) is 23.1. The summed E-state index contributed by atoms with van der Waals surface area (Å²) in [7, 11) is -4.21. The summed E-state index contributed by atoms with van der Waals surface area (Å²) in [4.78, 5) is 9.73. The molecule has 1 unspecified atom stereocenters. The van der Waals surface area contributed by atoms with Gasteiger partial charge in [0.2, 0.25) is 5.88 Å². The zero-order chi connectivity index (χ0) is 29.7. The topological polar surface area (TPSA) is 114 Å². The van der Waals surface area contributed by atoms with Crippen LogP contribution in [0.5, 0.6) is 11.6 Å². The Morgan fingerprint density at radius 3 is 2.29 bits per heavy atom. The third kappa shape index (κ3) is 7.28. The number of nitrogens with zero attached hydrogens (tertiary/aromatic N) is 3. The number of fused-ring (bicyclic) bond motifs is 1. The van der Waals surface area contributed by atoms with Crippen molar-refractivity contribution in [1.82, 2.24) is 14.4 Å². The molecule has 0 aliphatic carbocycles. The lowest BCUT2D eigenvalue weighted by atomic mass is 10.1. The number of benzene rings is 3. The summed E-state index contributed by atoms with van der Waals surface area (Å²) in [5, 5.41) is 11.6. The van der Waals surface area contributed by atoms with Gasteiger partial charge in [-0.2, -0.15) is 8.42 Å². The van der Waals surface area contributed by atoms with Crippen LogP contribution in [0.15, 0.2) is 85.1 Å². The molecule has 2 aromatic heterocycles. The first-order valence-electron chi connectivity index (χ1n) is 13.8. The number of imidazole rings is 1. The van der Waals surface area contributed by atoms with Crippen molar-refractivity contribution < 1.29 is 22.8 Å². The molecule has 0 saturated heterocycles. The van der Waals surface area contributed by atoms with E-state index in [1.165, 1.54) is 0 Å². The van der Waals surface area contributed by atoms with Crippen molar-refractivity contribution in [3.05, 3.63) is 113 Å². The van der Waals surface area contributed by atoms with Gasteiger partial charge in [0, 0.05) is 24.6 Å². The molecule has 8 nitrogen and oxygen atoms in total. The van der Waals surface area contributed by atoms with Gasteiger partial charge in [0.15, 0.2) is 5.65 Å². The second kappa shape index (κ2) is 12.9. The van der Waals surface area contributed by atoms with Crippen LogP contribution in [-0.4, -0.2) is 44.3 Å². The molecule has 0 radical (unpaired) electrons. The van der Waals surface area contributed by atoms with Gasteiger partial charge < -0.3 is 9.84 Å². The van der Waals surface area contributed by atoms with Crippen molar-refractivity contribution in [2.75, 3.05) is 5.75 Å². The fourth-order valence-corrected chi connectivity index (χ4v) is 5.84. The fraction of sp³-hybridized carbons (Fsp3) is 0.250. The van der Waals surface area contributed by atoms with Crippen molar-refractivity contribution in [3.8, 4) is 22.9 Å². The minimum Gasteiger partial charge on any atom is -0.493 e. The average Bonchev–Trinajstić information content (AvgIpc) is 3.28. The van der Waals surface area contributed by atoms with E-state index in [-0.39, 0.29) is 5.88 Å². The minimum absolute atomic E-state index is 0.0168. The van der Waals surface area contributed by atoms with Crippen LogP contribution in [-0.2, 0) is 23.0 Å². The standard InChI is InChI=1S/C32H32ClN3O5S/c1-2-3-14-25(21-42(38,39)40)41-30-16-15-23(17-26(30)33)19-28-32(37)36-20-29(24-12-8-5-9-13-24)34-27(31(36)35-28)18-22-10-6-4-7-11-22/h4-13,15-17,20,25,37H,2-3,14,18-19,21H2,1H3,(H,38,39,40). The molecule has 5 rings (SSSR count). The van der Waals surface area contributed by atoms with Crippen LogP contribution in [0, 0.1) is 0 Å². The van der Waals surface area contributed by atoms with Crippen molar-refractivity contribution in [2.45, 2.75) is 45.1 Å². The van der Waals surface area contributed by atoms with E-state index in [9.17, 15) is 18.1 Å². The van der Waals surface area contributed by atoms with Gasteiger partial charge in [0.25, 0.3) is 10.1 Å². The monoisotopic (exact) mass is 605 g/mol. The van der Waals surface area contributed by atoms with E-state index in [1.54, 1.807) is 28.8 Å². The van der Waals surface area contributed by atoms with Crippen LogP contribution >= 0.6 is 11.6 Å². The molecule has 10 heteroatoms. The molecule has 218 valence electrons. The minimum atomic E-state index is -4.21. The molecule has 2 N–H and O–H groups in total. The maximum atomic E-state index is 11.5. The summed E-state index contributed by atoms with van der Waals surface area (Å²) in [5.41, 5.74) is 5.29. The highest BCUT2D eigenvalue weighted by molar-refractivity contribution is 7.85. The number of ether oxygens (including phenoxy) is 1. The van der Waals surface area contributed by atoms with Crippen LogP contribution in [0.4, 0.5) is 0 Å². The van der Waals surface area contributed by atoms with Crippen LogP contribution in [0.2, 0.25) is 5.02 Å². The normalized spacial score (nSPS) is 12.5. The Morgan fingerprint density at radius 1 is 0.929 bits per heavy atom. The maximum absolute atomic E-state index is 11.5. The number of unbranched alkanes of at least 4 members (excludes halogenated alkanes) is 1. The summed E-state index contributed by atoms with van der Waals surface area (Å²) in [6.07, 6.45) is 3.98. The van der Waals surface area contributed by atoms with Gasteiger partial charge in [-0.25, -0.2) is 9.97 Å². The predicted octanol–water partition coefficient (Wildman–Crippen LogP) is 6.76. The highest BCUT2D eigenvalue weighted by Crippen LogP contribution is 2.31. The molecule has 0 bridgehead atoms. The largest absolute Gasteiger partial charge is 0.493 e. The lowest BCUT2D eigenvalue weighted by Gasteiger charge is -2.19. The van der Waals surface area contributed by atoms with Crippen molar-refractivity contribution in [1.29, 1.82) is 0 Å². The Balaban J connectivity index is 1.45. The van der Waals surface area contributed by atoms with E-state index >= 15 is 0 Å². The third-order valence-electron chi connectivity index (χ3n) is 6.94. The van der Waals surface area contributed by atoms with Gasteiger partial charge >= 0.3 is 0 Å². The molecule has 0 amide bonds. The lowest BCUT2D eigenvalue weighted by molar-refractivity contribution is 0.207. The van der Waals surface area contributed by atoms with Gasteiger partial charge in [-0.3, -0.25) is 8.95 Å². The SMILES string of the molecule is CCCCC(CS(=O)(=O)O)Oc1ccc(Cc2nc3c(Cc4ccccc4)nc(-c4ccccc4)cn3c2O)cc1Cl. The molecule has 0 aliphatic rings. The highest BCUT2D eigenvalue weighted by Gasteiger charge is 2.21. The van der Waals surface area contributed by atoms with Gasteiger partial charge in [-0.1, -0.05) is 98.1 Å². The zero-order valence-corrected chi connectivity index (χ0v) is 24.7. The van der Waals surface area contributed by atoms with Gasteiger partial charge in [-0.15, -0.1) is 0 Å². The lowest BCUT2D eigenvalue weighted by Crippen LogP contribution is -2.26. The first kappa shape index (κ1) is 29.6. The second-order valence-corrected chi connectivity index (χ2v) is 12.2. The van der Waals surface area contributed by atoms with E-state index in [1.807, 2.05) is 67.6 Å². The van der Waals surface area contributed by atoms with Gasteiger partial charge in [-0.05, 0) is 29.7 Å². The summed E-state index contributed by atoms with van der Waals surface area (Å²) in [6.45, 7) is 1.99. The number of rotatable bonds is 12. The van der Waals surface area contributed by atoms with Crippen LogP contribution in [0.1, 0.15) is 48.7 Å². The van der Waals surface area contributed by atoms with E-state index in [0.29, 0.717) is 41.4 Å². The van der Waals surface area contributed by atoms with E-state index in [2.05, 4.69) is 0 Å². The Labute approximate surface area is 250 Å². The molecule has 5 aromatic rings. The van der Waals surface area contributed by atoms with Gasteiger partial charge in [0.05, 0.1) is 16.4 Å². The summed E-state index contributed by atoms with van der Waals surface area (Å²) >= 11 is 6.53. The summed E-state index contributed by atoms with van der Waals surface area (Å²) < 4.78 is 39.8. The summed E-state index contributed by atoms with van der Waals surface area (Å²) in [5.74, 6) is -0.167. The molecule has 0 fully saturated rings. The number of aromatic hydroxyl groups is 1. The molecule has 0 spiro atoms. The Bertz CT molecular complexity index is 1780. The number of hydrogen-bond acceptors (Lipinski definition) is 6. The number of aromatic nitrogens is 3. The Hall–Kier alpha value is -3.92. The Morgan fingerprint density at radius 2 is 1.62 bits per heavy atom.